The van der Waals surface area contributed by atoms with Crippen molar-refractivity contribution in [2.75, 3.05) is 0 Å². The lowest BCUT2D eigenvalue weighted by molar-refractivity contribution is 0.0936. The molecule has 0 aromatic heterocycles. The standard InChI is InChI=1S/C16H14N2O3/c1-10(12-5-2-4-11(8-12)9-17)18-16(21)13-6-3-7-14(19)15(13)20/h2-8,10,19-20H,1H3,(H,18,21)/t10-/m0/s1. The summed E-state index contributed by atoms with van der Waals surface area (Å²) in [6.45, 7) is 1.77. The lowest BCUT2D eigenvalue weighted by atomic mass is 10.0. The van der Waals surface area contributed by atoms with Crippen LogP contribution in [0.5, 0.6) is 11.5 Å². The van der Waals surface area contributed by atoms with Crippen LogP contribution in [0.4, 0.5) is 0 Å². The highest BCUT2D eigenvalue weighted by Crippen LogP contribution is 2.28. The normalized spacial score (nSPS) is 11.4. The smallest absolute Gasteiger partial charge is 0.255 e. The van der Waals surface area contributed by atoms with Gasteiger partial charge in [-0.25, -0.2) is 0 Å². The van der Waals surface area contributed by atoms with E-state index in [-0.39, 0.29) is 17.4 Å². The molecule has 1 amide bonds. The van der Waals surface area contributed by atoms with Gasteiger partial charge in [-0.15, -0.1) is 0 Å². The summed E-state index contributed by atoms with van der Waals surface area (Å²) in [5.74, 6) is -1.30. The summed E-state index contributed by atoms with van der Waals surface area (Å²) in [4.78, 5) is 12.1. The first-order chi connectivity index (χ1) is 10.0. The Morgan fingerprint density at radius 1 is 1.24 bits per heavy atom. The van der Waals surface area contributed by atoms with Gasteiger partial charge >= 0.3 is 0 Å². The predicted octanol–water partition coefficient (Wildman–Crippen LogP) is 2.46. The van der Waals surface area contributed by atoms with Crippen molar-refractivity contribution < 1.29 is 15.0 Å². The fourth-order valence-electron chi connectivity index (χ4n) is 1.95. The molecule has 0 spiro atoms. The average molecular weight is 282 g/mol. The molecule has 5 nitrogen and oxygen atoms in total. The topological polar surface area (TPSA) is 93.3 Å². The van der Waals surface area contributed by atoms with Gasteiger partial charge in [-0.2, -0.15) is 5.26 Å². The highest BCUT2D eigenvalue weighted by atomic mass is 16.3. The Bertz CT molecular complexity index is 720. The molecule has 0 heterocycles. The van der Waals surface area contributed by atoms with E-state index in [2.05, 4.69) is 5.32 Å². The number of aromatic hydroxyl groups is 2. The fraction of sp³-hybridized carbons (Fsp3) is 0.125. The summed E-state index contributed by atoms with van der Waals surface area (Å²) >= 11 is 0. The van der Waals surface area contributed by atoms with Crippen molar-refractivity contribution in [3.63, 3.8) is 0 Å². The molecule has 0 unspecified atom stereocenters. The van der Waals surface area contributed by atoms with Crippen molar-refractivity contribution in [3.8, 4) is 17.6 Å². The molecular weight excluding hydrogens is 268 g/mol. The van der Waals surface area contributed by atoms with E-state index in [1.165, 1.54) is 18.2 Å². The van der Waals surface area contributed by atoms with Crippen LogP contribution in [0, 0.1) is 11.3 Å². The largest absolute Gasteiger partial charge is 0.504 e. The van der Waals surface area contributed by atoms with Crippen LogP contribution in [0.1, 0.15) is 34.5 Å². The van der Waals surface area contributed by atoms with E-state index in [9.17, 15) is 15.0 Å². The minimum atomic E-state index is -0.502. The number of hydrogen-bond acceptors (Lipinski definition) is 4. The second-order valence-electron chi connectivity index (χ2n) is 4.61. The van der Waals surface area contributed by atoms with E-state index >= 15 is 0 Å². The molecule has 21 heavy (non-hydrogen) atoms. The summed E-state index contributed by atoms with van der Waals surface area (Å²) in [6, 6.07) is 12.8. The Morgan fingerprint density at radius 2 is 1.95 bits per heavy atom. The number of amides is 1. The minimum Gasteiger partial charge on any atom is -0.504 e. The van der Waals surface area contributed by atoms with E-state index in [1.54, 1.807) is 31.2 Å². The van der Waals surface area contributed by atoms with Gasteiger partial charge in [0, 0.05) is 0 Å². The average Bonchev–Trinajstić information content (AvgIpc) is 2.49. The van der Waals surface area contributed by atoms with E-state index in [4.69, 9.17) is 5.26 Å². The molecule has 0 bridgehead atoms. The number of carbonyl (C=O) groups excluding carboxylic acids is 1. The van der Waals surface area contributed by atoms with Crippen LogP contribution in [0.3, 0.4) is 0 Å². The van der Waals surface area contributed by atoms with Gasteiger partial charge in [-0.1, -0.05) is 18.2 Å². The first-order valence-corrected chi connectivity index (χ1v) is 6.35. The molecule has 0 aliphatic heterocycles. The van der Waals surface area contributed by atoms with Gasteiger partial charge in [0.25, 0.3) is 5.91 Å². The maximum absolute atomic E-state index is 12.1. The number of carbonyl (C=O) groups is 1. The predicted molar refractivity (Wildman–Crippen MR) is 76.8 cm³/mol. The maximum Gasteiger partial charge on any atom is 0.255 e. The Kier molecular flexibility index (Phi) is 4.10. The molecule has 3 N–H and O–H groups in total. The van der Waals surface area contributed by atoms with Gasteiger partial charge in [0.2, 0.25) is 0 Å². The number of phenolic OH excluding ortho intramolecular Hbond substituents is 2. The van der Waals surface area contributed by atoms with E-state index in [0.717, 1.165) is 5.56 Å². The van der Waals surface area contributed by atoms with Crippen LogP contribution in [-0.2, 0) is 0 Å². The first kappa shape index (κ1) is 14.4. The number of rotatable bonds is 3. The third-order valence-electron chi connectivity index (χ3n) is 3.12. The zero-order chi connectivity index (χ0) is 15.4. The Morgan fingerprint density at radius 3 is 2.67 bits per heavy atom. The molecule has 0 aliphatic rings. The van der Waals surface area contributed by atoms with Crippen molar-refractivity contribution in [1.82, 2.24) is 5.32 Å². The number of hydrogen-bond donors (Lipinski definition) is 3. The zero-order valence-corrected chi connectivity index (χ0v) is 11.4. The molecule has 0 saturated heterocycles. The summed E-state index contributed by atoms with van der Waals surface area (Å²) in [6.07, 6.45) is 0. The van der Waals surface area contributed by atoms with Crippen LogP contribution in [0.25, 0.3) is 0 Å². The number of nitrogens with zero attached hydrogens (tertiary/aromatic N) is 1. The number of nitriles is 1. The number of benzene rings is 2. The van der Waals surface area contributed by atoms with E-state index < -0.39 is 11.7 Å². The van der Waals surface area contributed by atoms with Crippen LogP contribution >= 0.6 is 0 Å². The fourth-order valence-corrected chi connectivity index (χ4v) is 1.95. The molecule has 2 rings (SSSR count). The van der Waals surface area contributed by atoms with Gasteiger partial charge in [0.15, 0.2) is 11.5 Å². The highest BCUT2D eigenvalue weighted by Gasteiger charge is 2.16. The van der Waals surface area contributed by atoms with Crippen LogP contribution in [0.15, 0.2) is 42.5 Å². The lowest BCUT2D eigenvalue weighted by Gasteiger charge is -2.15. The molecule has 5 heteroatoms. The number of nitrogens with one attached hydrogen (secondary N) is 1. The Balaban J connectivity index is 2.19. The highest BCUT2D eigenvalue weighted by molar-refractivity contribution is 5.97. The van der Waals surface area contributed by atoms with Crippen molar-refractivity contribution in [2.45, 2.75) is 13.0 Å². The molecule has 2 aromatic rings. The quantitative estimate of drug-likeness (QED) is 0.754. The van der Waals surface area contributed by atoms with Crippen molar-refractivity contribution in [3.05, 3.63) is 59.2 Å². The zero-order valence-electron chi connectivity index (χ0n) is 11.4. The van der Waals surface area contributed by atoms with Crippen molar-refractivity contribution in [1.29, 1.82) is 5.26 Å². The minimum absolute atomic E-state index is 0.00159. The molecule has 0 aliphatic carbocycles. The molecule has 1 atom stereocenters. The Hall–Kier alpha value is -3.00. The van der Waals surface area contributed by atoms with Gasteiger partial charge in [0.05, 0.1) is 23.2 Å². The molecule has 106 valence electrons. The lowest BCUT2D eigenvalue weighted by Crippen LogP contribution is -2.26. The van der Waals surface area contributed by atoms with Crippen molar-refractivity contribution >= 4 is 5.91 Å². The molecular formula is C16H14N2O3. The summed E-state index contributed by atoms with van der Waals surface area (Å²) in [7, 11) is 0. The molecule has 2 aromatic carbocycles. The third-order valence-corrected chi connectivity index (χ3v) is 3.12. The van der Waals surface area contributed by atoms with E-state index in [0.29, 0.717) is 5.56 Å². The summed E-state index contributed by atoms with van der Waals surface area (Å²) in [5.41, 5.74) is 1.29. The summed E-state index contributed by atoms with van der Waals surface area (Å²) in [5, 5.41) is 30.7. The number of phenols is 2. The molecule has 0 radical (unpaired) electrons. The van der Waals surface area contributed by atoms with Gasteiger partial charge in [-0.3, -0.25) is 4.79 Å². The van der Waals surface area contributed by atoms with Gasteiger partial charge in [0.1, 0.15) is 0 Å². The van der Waals surface area contributed by atoms with Crippen molar-refractivity contribution in [2.24, 2.45) is 0 Å². The van der Waals surface area contributed by atoms with Crippen LogP contribution in [-0.4, -0.2) is 16.1 Å². The molecule has 0 saturated carbocycles. The van der Waals surface area contributed by atoms with Crippen LogP contribution < -0.4 is 5.32 Å². The Labute approximate surface area is 122 Å². The van der Waals surface area contributed by atoms with E-state index in [1.807, 2.05) is 6.07 Å². The van der Waals surface area contributed by atoms with Gasteiger partial charge < -0.3 is 15.5 Å². The second-order valence-corrected chi connectivity index (χ2v) is 4.61. The summed E-state index contributed by atoms with van der Waals surface area (Å²) < 4.78 is 0. The number of para-hydroxylation sites is 1. The third kappa shape index (κ3) is 3.12. The SMILES string of the molecule is C[C@H](NC(=O)c1cccc(O)c1O)c1cccc(C#N)c1. The van der Waals surface area contributed by atoms with Gasteiger partial charge in [-0.05, 0) is 36.8 Å². The second kappa shape index (κ2) is 5.97. The van der Waals surface area contributed by atoms with Crippen LogP contribution in [0.2, 0.25) is 0 Å². The molecule has 0 fully saturated rings. The monoisotopic (exact) mass is 282 g/mol. The maximum atomic E-state index is 12.1. The first-order valence-electron chi connectivity index (χ1n) is 6.35.